The van der Waals surface area contributed by atoms with Crippen LogP contribution in [0.25, 0.3) is 0 Å². The summed E-state index contributed by atoms with van der Waals surface area (Å²) in [6.45, 7) is 4.26. The first-order valence-corrected chi connectivity index (χ1v) is 7.19. The average molecular weight is 287 g/mol. The topological polar surface area (TPSA) is 53.5 Å². The van der Waals surface area contributed by atoms with Crippen molar-refractivity contribution >= 4 is 29.1 Å². The van der Waals surface area contributed by atoms with Crippen molar-refractivity contribution in [3.8, 4) is 0 Å². The average Bonchev–Trinajstić information content (AvgIpc) is 2.91. The van der Waals surface area contributed by atoms with Gasteiger partial charge in [-0.2, -0.15) is 5.10 Å². The number of benzene rings is 1. The Bertz CT molecular complexity index is 606. The molecule has 0 atom stereocenters. The largest absolute Gasteiger partial charge is 0.376 e. The van der Waals surface area contributed by atoms with Crippen LogP contribution in [0.15, 0.2) is 40.8 Å². The molecule has 0 saturated carbocycles. The number of thiophene rings is 1. The number of aryl methyl sites for hydroxylation is 2. The minimum absolute atomic E-state index is 0.169. The van der Waals surface area contributed by atoms with Crippen LogP contribution in [0.5, 0.6) is 0 Å². The second kappa shape index (κ2) is 6.86. The highest BCUT2D eigenvalue weighted by atomic mass is 32.1. The van der Waals surface area contributed by atoms with Crippen molar-refractivity contribution < 1.29 is 4.79 Å². The van der Waals surface area contributed by atoms with E-state index >= 15 is 0 Å². The lowest BCUT2D eigenvalue weighted by Gasteiger charge is -2.09. The molecule has 0 spiro atoms. The van der Waals surface area contributed by atoms with Gasteiger partial charge in [-0.05, 0) is 36.9 Å². The molecule has 0 aliphatic carbocycles. The zero-order valence-corrected chi connectivity index (χ0v) is 12.3. The molecule has 5 heteroatoms. The van der Waals surface area contributed by atoms with Crippen molar-refractivity contribution in [2.75, 3.05) is 11.9 Å². The highest BCUT2D eigenvalue weighted by molar-refractivity contribution is 7.11. The summed E-state index contributed by atoms with van der Waals surface area (Å²) in [6.07, 6.45) is 1.64. The maximum absolute atomic E-state index is 11.6. The summed E-state index contributed by atoms with van der Waals surface area (Å²) in [7, 11) is 0. The van der Waals surface area contributed by atoms with Gasteiger partial charge in [-0.1, -0.05) is 23.8 Å². The van der Waals surface area contributed by atoms with Crippen molar-refractivity contribution in [1.82, 2.24) is 5.43 Å². The highest BCUT2D eigenvalue weighted by Crippen LogP contribution is 2.15. The summed E-state index contributed by atoms with van der Waals surface area (Å²) in [4.78, 5) is 12.6. The summed E-state index contributed by atoms with van der Waals surface area (Å²) in [5, 5.41) is 8.97. The Kier molecular flexibility index (Phi) is 4.90. The third-order valence-corrected chi connectivity index (χ3v) is 3.55. The van der Waals surface area contributed by atoms with Gasteiger partial charge in [0.1, 0.15) is 0 Å². The second-order valence-corrected chi connectivity index (χ2v) is 5.46. The van der Waals surface area contributed by atoms with Crippen molar-refractivity contribution in [3.63, 3.8) is 0 Å². The van der Waals surface area contributed by atoms with Crippen molar-refractivity contribution in [2.24, 2.45) is 5.10 Å². The van der Waals surface area contributed by atoms with Gasteiger partial charge < -0.3 is 5.32 Å². The second-order valence-electron chi connectivity index (χ2n) is 4.48. The zero-order chi connectivity index (χ0) is 14.4. The van der Waals surface area contributed by atoms with Gasteiger partial charge in [0.25, 0.3) is 5.91 Å². The van der Waals surface area contributed by atoms with E-state index in [1.54, 1.807) is 17.6 Å². The summed E-state index contributed by atoms with van der Waals surface area (Å²) in [5.74, 6) is -0.169. The minimum atomic E-state index is -0.169. The molecule has 0 fully saturated rings. The molecule has 0 saturated heterocycles. The molecule has 0 radical (unpaired) electrons. The molecule has 2 N–H and O–H groups in total. The van der Waals surface area contributed by atoms with E-state index in [1.165, 1.54) is 5.56 Å². The molecule has 0 bridgehead atoms. The number of carbonyl (C=O) groups is 1. The third-order valence-electron chi connectivity index (χ3n) is 2.75. The van der Waals surface area contributed by atoms with Crippen LogP contribution in [-0.2, 0) is 4.79 Å². The van der Waals surface area contributed by atoms with Gasteiger partial charge in [0.05, 0.1) is 12.8 Å². The van der Waals surface area contributed by atoms with Crippen LogP contribution in [-0.4, -0.2) is 18.7 Å². The lowest BCUT2D eigenvalue weighted by molar-refractivity contribution is -0.119. The van der Waals surface area contributed by atoms with Gasteiger partial charge in [-0.15, -0.1) is 11.3 Å². The van der Waals surface area contributed by atoms with E-state index in [2.05, 4.69) is 21.9 Å². The van der Waals surface area contributed by atoms with E-state index < -0.39 is 0 Å². The molecule has 0 aliphatic heterocycles. The molecule has 0 aliphatic rings. The first kappa shape index (κ1) is 14.3. The maximum Gasteiger partial charge on any atom is 0.259 e. The fraction of sp³-hybridized carbons (Fsp3) is 0.200. The van der Waals surface area contributed by atoms with E-state index in [9.17, 15) is 4.79 Å². The first-order chi connectivity index (χ1) is 9.65. The van der Waals surface area contributed by atoms with E-state index in [1.807, 2.05) is 43.5 Å². The number of nitrogens with zero attached hydrogens (tertiary/aromatic N) is 1. The lowest BCUT2D eigenvalue weighted by Crippen LogP contribution is -2.26. The minimum Gasteiger partial charge on any atom is -0.376 e. The van der Waals surface area contributed by atoms with Crippen LogP contribution in [0.1, 0.15) is 16.0 Å². The molecule has 0 unspecified atom stereocenters. The molecular formula is C15H17N3OS. The van der Waals surface area contributed by atoms with Crippen LogP contribution in [0.4, 0.5) is 5.69 Å². The van der Waals surface area contributed by atoms with E-state index in [-0.39, 0.29) is 12.5 Å². The number of hydrazone groups is 1. The van der Waals surface area contributed by atoms with Crippen molar-refractivity contribution in [3.05, 3.63) is 51.7 Å². The SMILES string of the molecule is Cc1ccc(NCC(=O)N/N=C/c2cccs2)c(C)c1. The molecule has 20 heavy (non-hydrogen) atoms. The Morgan fingerprint density at radius 3 is 2.90 bits per heavy atom. The monoisotopic (exact) mass is 287 g/mol. The van der Waals surface area contributed by atoms with Crippen LogP contribution >= 0.6 is 11.3 Å². The van der Waals surface area contributed by atoms with Gasteiger partial charge in [-0.3, -0.25) is 4.79 Å². The molecule has 1 aromatic heterocycles. The van der Waals surface area contributed by atoms with E-state index in [0.717, 1.165) is 16.1 Å². The normalized spacial score (nSPS) is 10.7. The number of amides is 1. The van der Waals surface area contributed by atoms with Gasteiger partial charge >= 0.3 is 0 Å². The standard InChI is InChI=1S/C15H17N3OS/c1-11-5-6-14(12(2)8-11)16-10-15(19)18-17-9-13-4-3-7-20-13/h3-9,16H,10H2,1-2H3,(H,18,19)/b17-9+. The first-order valence-electron chi connectivity index (χ1n) is 6.31. The fourth-order valence-electron chi connectivity index (χ4n) is 1.76. The Morgan fingerprint density at radius 1 is 1.35 bits per heavy atom. The summed E-state index contributed by atoms with van der Waals surface area (Å²) >= 11 is 1.57. The Morgan fingerprint density at radius 2 is 2.20 bits per heavy atom. The number of carbonyl (C=O) groups excluding carboxylic acids is 1. The fourth-order valence-corrected chi connectivity index (χ4v) is 2.34. The third kappa shape index (κ3) is 4.20. The summed E-state index contributed by atoms with van der Waals surface area (Å²) < 4.78 is 0. The molecule has 1 heterocycles. The Balaban J connectivity index is 1.80. The molecule has 4 nitrogen and oxygen atoms in total. The van der Waals surface area contributed by atoms with E-state index in [0.29, 0.717) is 0 Å². The summed E-state index contributed by atoms with van der Waals surface area (Å²) in [5.41, 5.74) is 5.79. The predicted octanol–water partition coefficient (Wildman–Crippen LogP) is 2.93. The van der Waals surface area contributed by atoms with Crippen LogP contribution in [0.2, 0.25) is 0 Å². The number of nitrogens with one attached hydrogen (secondary N) is 2. The summed E-state index contributed by atoms with van der Waals surface area (Å²) in [6, 6.07) is 9.95. The molecule has 1 amide bonds. The van der Waals surface area contributed by atoms with Crippen LogP contribution in [0, 0.1) is 13.8 Å². The smallest absolute Gasteiger partial charge is 0.259 e. The molecule has 1 aromatic carbocycles. The molecule has 2 rings (SSSR count). The predicted molar refractivity (Wildman–Crippen MR) is 84.5 cm³/mol. The molecular weight excluding hydrogens is 270 g/mol. The van der Waals surface area contributed by atoms with Crippen LogP contribution in [0.3, 0.4) is 0 Å². The number of hydrogen-bond donors (Lipinski definition) is 2. The molecule has 104 valence electrons. The van der Waals surface area contributed by atoms with E-state index in [4.69, 9.17) is 0 Å². The van der Waals surface area contributed by atoms with Crippen molar-refractivity contribution in [2.45, 2.75) is 13.8 Å². The lowest BCUT2D eigenvalue weighted by atomic mass is 10.1. The Hall–Kier alpha value is -2.14. The zero-order valence-electron chi connectivity index (χ0n) is 11.5. The highest BCUT2D eigenvalue weighted by Gasteiger charge is 2.02. The van der Waals surface area contributed by atoms with Gasteiger partial charge in [-0.25, -0.2) is 5.43 Å². The Labute approximate surface area is 122 Å². The number of hydrogen-bond acceptors (Lipinski definition) is 4. The molecule has 2 aromatic rings. The van der Waals surface area contributed by atoms with Crippen LogP contribution < -0.4 is 10.7 Å². The van der Waals surface area contributed by atoms with Gasteiger partial charge in [0, 0.05) is 10.6 Å². The van der Waals surface area contributed by atoms with Gasteiger partial charge in [0.15, 0.2) is 0 Å². The number of anilines is 1. The maximum atomic E-state index is 11.6. The van der Waals surface area contributed by atoms with Crippen molar-refractivity contribution in [1.29, 1.82) is 0 Å². The number of rotatable bonds is 5. The van der Waals surface area contributed by atoms with Gasteiger partial charge in [0.2, 0.25) is 0 Å². The quantitative estimate of drug-likeness (QED) is 0.656.